The standard InChI is InChI=1S/C11H20N4O/c1-3-5-10-13-11(16-14-10)8-15(4-2)9-6-12-7-9/h9,12H,3-8H2,1-2H3. The molecule has 0 aliphatic carbocycles. The molecule has 2 heterocycles. The Labute approximate surface area is 96.2 Å². The lowest BCUT2D eigenvalue weighted by atomic mass is 10.1. The minimum absolute atomic E-state index is 0.631. The summed E-state index contributed by atoms with van der Waals surface area (Å²) in [4.78, 5) is 6.76. The normalized spacial score (nSPS) is 16.7. The summed E-state index contributed by atoms with van der Waals surface area (Å²) in [5, 5.41) is 7.25. The molecule has 0 saturated carbocycles. The lowest BCUT2D eigenvalue weighted by Crippen LogP contribution is -2.56. The van der Waals surface area contributed by atoms with Crippen LogP contribution in [0.15, 0.2) is 4.52 Å². The molecule has 0 aromatic carbocycles. The van der Waals surface area contributed by atoms with Crippen LogP contribution < -0.4 is 5.32 Å². The Hall–Kier alpha value is -0.940. The summed E-state index contributed by atoms with van der Waals surface area (Å²) in [6, 6.07) is 0.631. The van der Waals surface area contributed by atoms with Crippen LogP contribution in [0.1, 0.15) is 32.0 Å². The average Bonchev–Trinajstić information content (AvgIpc) is 2.62. The Morgan fingerprint density at radius 1 is 1.44 bits per heavy atom. The Morgan fingerprint density at radius 3 is 2.81 bits per heavy atom. The molecule has 5 heteroatoms. The van der Waals surface area contributed by atoms with Crippen LogP contribution in [-0.2, 0) is 13.0 Å². The highest BCUT2D eigenvalue weighted by Gasteiger charge is 2.24. The van der Waals surface area contributed by atoms with E-state index in [1.165, 1.54) is 0 Å². The lowest BCUT2D eigenvalue weighted by molar-refractivity contribution is 0.129. The predicted molar refractivity (Wildman–Crippen MR) is 61.0 cm³/mol. The van der Waals surface area contributed by atoms with Gasteiger partial charge in [-0.15, -0.1) is 0 Å². The molecule has 1 aromatic rings. The number of hydrogen-bond donors (Lipinski definition) is 1. The van der Waals surface area contributed by atoms with Gasteiger partial charge in [0.05, 0.1) is 6.54 Å². The minimum atomic E-state index is 0.631. The fourth-order valence-corrected chi connectivity index (χ4v) is 1.88. The smallest absolute Gasteiger partial charge is 0.240 e. The van der Waals surface area contributed by atoms with Gasteiger partial charge in [-0.3, -0.25) is 4.90 Å². The Balaban J connectivity index is 1.90. The van der Waals surface area contributed by atoms with E-state index in [0.717, 1.165) is 50.7 Å². The number of aromatic nitrogens is 2. The highest BCUT2D eigenvalue weighted by atomic mass is 16.5. The van der Waals surface area contributed by atoms with Gasteiger partial charge in [-0.25, -0.2) is 0 Å². The third-order valence-corrected chi connectivity index (χ3v) is 3.00. The number of rotatable bonds is 6. The largest absolute Gasteiger partial charge is 0.338 e. The van der Waals surface area contributed by atoms with Gasteiger partial charge < -0.3 is 9.84 Å². The first-order valence-corrected chi connectivity index (χ1v) is 6.09. The van der Waals surface area contributed by atoms with Gasteiger partial charge in [-0.2, -0.15) is 4.98 Å². The molecule has 1 aliphatic heterocycles. The van der Waals surface area contributed by atoms with Crippen molar-refractivity contribution in [2.24, 2.45) is 0 Å². The first kappa shape index (κ1) is 11.5. The van der Waals surface area contributed by atoms with E-state index in [4.69, 9.17) is 4.52 Å². The minimum Gasteiger partial charge on any atom is -0.338 e. The SMILES string of the molecule is CCCc1noc(CN(CC)C2CNC2)n1. The fraction of sp³-hybridized carbons (Fsp3) is 0.818. The molecular formula is C11H20N4O. The van der Waals surface area contributed by atoms with Crippen LogP contribution in [0.25, 0.3) is 0 Å². The molecule has 5 nitrogen and oxygen atoms in total. The van der Waals surface area contributed by atoms with E-state index < -0.39 is 0 Å². The van der Waals surface area contributed by atoms with Gasteiger partial charge in [0.25, 0.3) is 0 Å². The van der Waals surface area contributed by atoms with Crippen molar-refractivity contribution in [1.82, 2.24) is 20.4 Å². The zero-order chi connectivity index (χ0) is 11.4. The molecule has 1 fully saturated rings. The van der Waals surface area contributed by atoms with Crippen molar-refractivity contribution >= 4 is 0 Å². The monoisotopic (exact) mass is 224 g/mol. The van der Waals surface area contributed by atoms with Crippen molar-refractivity contribution in [2.75, 3.05) is 19.6 Å². The lowest BCUT2D eigenvalue weighted by Gasteiger charge is -2.36. The van der Waals surface area contributed by atoms with Crippen molar-refractivity contribution in [3.63, 3.8) is 0 Å². The maximum atomic E-state index is 5.25. The van der Waals surface area contributed by atoms with Crippen molar-refractivity contribution in [3.8, 4) is 0 Å². The molecule has 2 rings (SSSR count). The van der Waals surface area contributed by atoms with Crippen molar-refractivity contribution in [1.29, 1.82) is 0 Å². The molecule has 1 aliphatic rings. The number of aryl methyl sites for hydroxylation is 1. The van der Waals surface area contributed by atoms with Crippen LogP contribution >= 0.6 is 0 Å². The molecule has 1 N–H and O–H groups in total. The molecule has 0 unspecified atom stereocenters. The molecule has 0 amide bonds. The maximum absolute atomic E-state index is 5.25. The number of nitrogens with zero attached hydrogens (tertiary/aromatic N) is 3. The second-order valence-corrected chi connectivity index (χ2v) is 4.23. The summed E-state index contributed by atoms with van der Waals surface area (Å²) < 4.78 is 5.25. The Kier molecular flexibility index (Phi) is 3.90. The molecule has 0 bridgehead atoms. The van der Waals surface area contributed by atoms with Crippen LogP contribution in [0, 0.1) is 0 Å². The highest BCUT2D eigenvalue weighted by molar-refractivity contribution is 4.90. The van der Waals surface area contributed by atoms with Crippen LogP contribution in [0.5, 0.6) is 0 Å². The average molecular weight is 224 g/mol. The van der Waals surface area contributed by atoms with Gasteiger partial charge in [0.15, 0.2) is 5.82 Å². The molecule has 16 heavy (non-hydrogen) atoms. The first-order valence-electron chi connectivity index (χ1n) is 6.09. The maximum Gasteiger partial charge on any atom is 0.240 e. The highest BCUT2D eigenvalue weighted by Crippen LogP contribution is 2.10. The quantitative estimate of drug-likeness (QED) is 0.775. The van der Waals surface area contributed by atoms with E-state index in [9.17, 15) is 0 Å². The summed E-state index contributed by atoms with van der Waals surface area (Å²) >= 11 is 0. The fourth-order valence-electron chi connectivity index (χ4n) is 1.88. The number of likely N-dealkylation sites (N-methyl/N-ethyl adjacent to an activating group) is 1. The first-order chi connectivity index (χ1) is 7.83. The van der Waals surface area contributed by atoms with Gasteiger partial charge >= 0.3 is 0 Å². The van der Waals surface area contributed by atoms with Gasteiger partial charge in [-0.05, 0) is 13.0 Å². The van der Waals surface area contributed by atoms with E-state index >= 15 is 0 Å². The van der Waals surface area contributed by atoms with Crippen molar-refractivity contribution in [2.45, 2.75) is 39.3 Å². The van der Waals surface area contributed by atoms with Gasteiger partial charge in [0.1, 0.15) is 0 Å². The van der Waals surface area contributed by atoms with Crippen LogP contribution in [0.4, 0.5) is 0 Å². The summed E-state index contributed by atoms with van der Waals surface area (Å²) in [6.45, 7) is 8.24. The van der Waals surface area contributed by atoms with E-state index in [0.29, 0.717) is 6.04 Å². The van der Waals surface area contributed by atoms with Gasteiger partial charge in [0.2, 0.25) is 5.89 Å². The predicted octanol–water partition coefficient (Wildman–Crippen LogP) is 0.816. The molecule has 0 spiro atoms. The van der Waals surface area contributed by atoms with E-state index in [1.54, 1.807) is 0 Å². The second-order valence-electron chi connectivity index (χ2n) is 4.23. The van der Waals surface area contributed by atoms with Crippen LogP contribution in [0.2, 0.25) is 0 Å². The molecule has 0 atom stereocenters. The van der Waals surface area contributed by atoms with Gasteiger partial charge in [0, 0.05) is 25.6 Å². The zero-order valence-corrected chi connectivity index (χ0v) is 10.1. The van der Waals surface area contributed by atoms with Crippen LogP contribution in [-0.4, -0.2) is 40.7 Å². The molecule has 90 valence electrons. The molecule has 1 saturated heterocycles. The third-order valence-electron chi connectivity index (χ3n) is 3.00. The summed E-state index contributed by atoms with van der Waals surface area (Å²) in [5.41, 5.74) is 0. The van der Waals surface area contributed by atoms with E-state index in [-0.39, 0.29) is 0 Å². The van der Waals surface area contributed by atoms with Crippen molar-refractivity contribution < 1.29 is 4.52 Å². The third kappa shape index (κ3) is 2.59. The summed E-state index contributed by atoms with van der Waals surface area (Å²) in [5.74, 6) is 1.58. The topological polar surface area (TPSA) is 54.2 Å². The molecule has 1 aromatic heterocycles. The number of nitrogens with one attached hydrogen (secondary N) is 1. The molecule has 0 radical (unpaired) electrons. The summed E-state index contributed by atoms with van der Waals surface area (Å²) in [7, 11) is 0. The van der Waals surface area contributed by atoms with E-state index in [2.05, 4.69) is 34.2 Å². The van der Waals surface area contributed by atoms with Crippen LogP contribution in [0.3, 0.4) is 0 Å². The zero-order valence-electron chi connectivity index (χ0n) is 10.1. The second kappa shape index (κ2) is 5.41. The molecular weight excluding hydrogens is 204 g/mol. The summed E-state index contributed by atoms with van der Waals surface area (Å²) in [6.07, 6.45) is 1.96. The van der Waals surface area contributed by atoms with Gasteiger partial charge in [-0.1, -0.05) is 19.0 Å². The van der Waals surface area contributed by atoms with E-state index in [1.807, 2.05) is 0 Å². The van der Waals surface area contributed by atoms with Crippen molar-refractivity contribution in [3.05, 3.63) is 11.7 Å². The Morgan fingerprint density at radius 2 is 2.25 bits per heavy atom. The Bertz CT molecular complexity index is 322. The number of hydrogen-bond acceptors (Lipinski definition) is 5.